The summed E-state index contributed by atoms with van der Waals surface area (Å²) in [6.07, 6.45) is 0. The van der Waals surface area contributed by atoms with E-state index in [4.69, 9.17) is 0 Å². The Morgan fingerprint density at radius 2 is 1.35 bits per heavy atom. The van der Waals surface area contributed by atoms with Crippen LogP contribution in [0.2, 0.25) is 0 Å². The van der Waals surface area contributed by atoms with Crippen LogP contribution in [-0.2, 0) is 10.0 Å². The first kappa shape index (κ1) is 14.2. The Morgan fingerprint density at radius 3 is 1.85 bits per heavy atom. The van der Waals surface area contributed by atoms with Crippen LogP contribution in [0.25, 0.3) is 0 Å². The fourth-order valence-electron chi connectivity index (χ4n) is 1.57. The zero-order valence-electron chi connectivity index (χ0n) is 11.1. The SMILES string of the molecule is Cc1ccc(/[N+]([O-])=N/S(=O)(=O)c2ccc(C)cc2)cc1. The van der Waals surface area contributed by atoms with Gasteiger partial charge in [0.05, 0.1) is 4.90 Å². The van der Waals surface area contributed by atoms with E-state index in [0.717, 1.165) is 11.1 Å². The molecule has 2 aromatic carbocycles. The van der Waals surface area contributed by atoms with E-state index in [0.29, 0.717) is 0 Å². The van der Waals surface area contributed by atoms with E-state index < -0.39 is 10.0 Å². The third-order valence-electron chi connectivity index (χ3n) is 2.76. The van der Waals surface area contributed by atoms with E-state index >= 15 is 0 Å². The van der Waals surface area contributed by atoms with E-state index in [-0.39, 0.29) is 15.4 Å². The molecule has 6 heteroatoms. The lowest BCUT2D eigenvalue weighted by atomic mass is 10.2. The van der Waals surface area contributed by atoms with Gasteiger partial charge in [0, 0.05) is 12.1 Å². The summed E-state index contributed by atoms with van der Waals surface area (Å²) in [5.41, 5.74) is 2.08. The molecule has 0 aliphatic carbocycles. The lowest BCUT2D eigenvalue weighted by Gasteiger charge is -2.01. The van der Waals surface area contributed by atoms with Crippen LogP contribution < -0.4 is 0 Å². The summed E-state index contributed by atoms with van der Waals surface area (Å²) < 4.78 is 27.2. The highest BCUT2D eigenvalue weighted by Gasteiger charge is 2.18. The number of hydrogen-bond acceptors (Lipinski definition) is 3. The molecular weight excluding hydrogens is 276 g/mol. The molecule has 0 aliphatic rings. The molecule has 0 amide bonds. The second-order valence-electron chi connectivity index (χ2n) is 4.48. The Bertz CT molecular complexity index is 733. The highest BCUT2D eigenvalue weighted by molar-refractivity contribution is 7.89. The number of sulfonamides is 1. The molecule has 0 unspecified atom stereocenters. The molecule has 2 aromatic rings. The third-order valence-corrected chi connectivity index (χ3v) is 3.99. The first-order valence-corrected chi connectivity index (χ1v) is 7.41. The second-order valence-corrected chi connectivity index (χ2v) is 6.06. The molecule has 0 saturated heterocycles. The largest absolute Gasteiger partial charge is 0.593 e. The normalized spacial score (nSPS) is 12.4. The molecule has 0 N–H and O–H groups in total. The van der Waals surface area contributed by atoms with E-state index in [1.165, 1.54) is 24.3 Å². The number of aryl methyl sites for hydroxylation is 2. The smallest absolute Gasteiger partial charge is 0.337 e. The van der Waals surface area contributed by atoms with Crippen LogP contribution in [0.4, 0.5) is 5.69 Å². The third kappa shape index (κ3) is 3.21. The second kappa shape index (κ2) is 5.42. The van der Waals surface area contributed by atoms with Crippen LogP contribution >= 0.6 is 0 Å². The van der Waals surface area contributed by atoms with Gasteiger partial charge in [0.25, 0.3) is 0 Å². The minimum absolute atomic E-state index is 0.00365. The molecule has 0 aromatic heterocycles. The maximum atomic E-state index is 12.0. The zero-order valence-corrected chi connectivity index (χ0v) is 12.0. The molecule has 0 saturated carbocycles. The van der Waals surface area contributed by atoms with E-state index in [2.05, 4.69) is 4.52 Å². The summed E-state index contributed by atoms with van der Waals surface area (Å²) in [4.78, 5) is 0.116. The average Bonchev–Trinajstić information content (AvgIpc) is 2.39. The van der Waals surface area contributed by atoms with E-state index in [1.807, 2.05) is 13.8 Å². The highest BCUT2D eigenvalue weighted by atomic mass is 32.2. The lowest BCUT2D eigenvalue weighted by molar-refractivity contribution is -0.430. The molecular formula is C14H14N2O3S. The van der Waals surface area contributed by atoms with Crippen LogP contribution in [0.3, 0.4) is 0 Å². The molecule has 0 aliphatic heterocycles. The average molecular weight is 290 g/mol. The van der Waals surface area contributed by atoms with Crippen molar-refractivity contribution < 1.29 is 13.3 Å². The van der Waals surface area contributed by atoms with Crippen LogP contribution in [0, 0.1) is 19.1 Å². The number of benzene rings is 2. The van der Waals surface area contributed by atoms with Crippen molar-refractivity contribution in [1.29, 1.82) is 0 Å². The zero-order chi connectivity index (χ0) is 14.8. The maximum absolute atomic E-state index is 12.0. The monoisotopic (exact) mass is 290 g/mol. The van der Waals surface area contributed by atoms with Crippen molar-refractivity contribution in [3.63, 3.8) is 0 Å². The van der Waals surface area contributed by atoms with Gasteiger partial charge in [0.2, 0.25) is 5.69 Å². The fourth-order valence-corrected chi connectivity index (χ4v) is 2.44. The Labute approximate surface area is 117 Å². The van der Waals surface area contributed by atoms with Crippen molar-refractivity contribution in [1.82, 2.24) is 0 Å². The maximum Gasteiger partial charge on any atom is 0.337 e. The summed E-state index contributed by atoms with van der Waals surface area (Å²) in [6, 6.07) is 12.6. The molecule has 0 heterocycles. The molecule has 0 atom stereocenters. The van der Waals surface area contributed by atoms with Crippen molar-refractivity contribution in [3.05, 3.63) is 64.9 Å². The van der Waals surface area contributed by atoms with Gasteiger partial charge >= 0.3 is 10.0 Å². The van der Waals surface area contributed by atoms with Gasteiger partial charge < -0.3 is 5.21 Å². The van der Waals surface area contributed by atoms with Crippen molar-refractivity contribution in [2.24, 2.45) is 4.52 Å². The summed E-state index contributed by atoms with van der Waals surface area (Å²) in [7, 11) is -4.00. The molecule has 0 radical (unpaired) electrons. The standard InChI is InChI=1S/C14H14N2O3S/c1-11-3-7-13(8-4-11)16(17)15-20(18,19)14-9-5-12(2)6-10-14/h3-10H,1-2H3/b16-15-. The Morgan fingerprint density at radius 1 is 0.900 bits per heavy atom. The molecule has 20 heavy (non-hydrogen) atoms. The lowest BCUT2D eigenvalue weighted by Crippen LogP contribution is -2.02. The van der Waals surface area contributed by atoms with Crippen molar-refractivity contribution in [2.75, 3.05) is 0 Å². The van der Waals surface area contributed by atoms with Crippen molar-refractivity contribution in [2.45, 2.75) is 18.7 Å². The number of hydrogen-bond donors (Lipinski definition) is 0. The Hall–Kier alpha value is -2.21. The van der Waals surface area contributed by atoms with Gasteiger partial charge in [-0.15, -0.1) is 0 Å². The van der Waals surface area contributed by atoms with Gasteiger partial charge in [0.15, 0.2) is 0 Å². The quantitative estimate of drug-likeness (QED) is 0.494. The minimum Gasteiger partial charge on any atom is -0.593 e. The summed E-state index contributed by atoms with van der Waals surface area (Å²) in [5.74, 6) is 0. The topological polar surface area (TPSA) is 72.6 Å². The van der Waals surface area contributed by atoms with Gasteiger partial charge in [-0.25, -0.2) is 0 Å². The van der Waals surface area contributed by atoms with E-state index in [9.17, 15) is 13.6 Å². The summed E-state index contributed by atoms with van der Waals surface area (Å²) in [5, 5.41) is 11.8. The van der Waals surface area contributed by atoms with Crippen LogP contribution in [-0.4, -0.2) is 13.3 Å². The molecule has 2 rings (SSSR count). The number of nitrogens with zero attached hydrogens (tertiary/aromatic N) is 2. The van der Waals surface area contributed by atoms with E-state index in [1.54, 1.807) is 24.3 Å². The predicted octanol–water partition coefficient (Wildman–Crippen LogP) is 3.29. The van der Waals surface area contributed by atoms with Gasteiger partial charge in [-0.05, 0) is 30.8 Å². The summed E-state index contributed by atoms with van der Waals surface area (Å²) >= 11 is 0. The van der Waals surface area contributed by atoms with Crippen LogP contribution in [0.1, 0.15) is 11.1 Å². The molecule has 5 nitrogen and oxygen atoms in total. The van der Waals surface area contributed by atoms with Gasteiger partial charge in [0.1, 0.15) is 4.52 Å². The Balaban J connectivity index is 2.37. The fraction of sp³-hybridized carbons (Fsp3) is 0.143. The van der Waals surface area contributed by atoms with Crippen LogP contribution in [0.5, 0.6) is 0 Å². The van der Waals surface area contributed by atoms with Crippen molar-refractivity contribution >= 4 is 15.7 Å². The number of rotatable bonds is 3. The molecule has 0 fully saturated rings. The van der Waals surface area contributed by atoms with Gasteiger partial charge in [-0.2, -0.15) is 8.42 Å². The first-order chi connectivity index (χ1) is 9.38. The van der Waals surface area contributed by atoms with Gasteiger partial charge in [-0.1, -0.05) is 35.4 Å². The first-order valence-electron chi connectivity index (χ1n) is 5.97. The highest BCUT2D eigenvalue weighted by Crippen LogP contribution is 2.17. The molecule has 104 valence electrons. The summed E-state index contributed by atoms with van der Waals surface area (Å²) in [6.45, 7) is 3.72. The predicted molar refractivity (Wildman–Crippen MR) is 75.3 cm³/mol. The van der Waals surface area contributed by atoms with Gasteiger partial charge in [-0.3, -0.25) is 0 Å². The molecule has 0 spiro atoms. The van der Waals surface area contributed by atoms with Crippen molar-refractivity contribution in [3.8, 4) is 0 Å². The molecule has 0 bridgehead atoms. The Kier molecular flexibility index (Phi) is 3.85. The van der Waals surface area contributed by atoms with Crippen LogP contribution in [0.15, 0.2) is 57.9 Å². The minimum atomic E-state index is -4.00.